The van der Waals surface area contributed by atoms with Gasteiger partial charge in [0.1, 0.15) is 12.3 Å². The van der Waals surface area contributed by atoms with Gasteiger partial charge in [0.05, 0.1) is 6.61 Å². The van der Waals surface area contributed by atoms with E-state index in [1.54, 1.807) is 0 Å². The third kappa shape index (κ3) is 3.18. The molecule has 0 atom stereocenters. The first-order chi connectivity index (χ1) is 7.15. The number of rotatable bonds is 5. The van der Waals surface area contributed by atoms with Gasteiger partial charge >= 0.3 is 5.97 Å². The maximum absolute atomic E-state index is 10.8. The molecule has 0 fully saturated rings. The van der Waals surface area contributed by atoms with E-state index in [9.17, 15) is 4.79 Å². The highest BCUT2D eigenvalue weighted by Gasteiger charge is 2.16. The van der Waals surface area contributed by atoms with E-state index in [0.29, 0.717) is 0 Å². The first-order valence-electron chi connectivity index (χ1n) is 3.90. The van der Waals surface area contributed by atoms with Crippen molar-refractivity contribution in [3.8, 4) is 0 Å². The Hall–Kier alpha value is -1.67. The average molecular weight is 231 g/mol. The van der Waals surface area contributed by atoms with Gasteiger partial charge in [-0.2, -0.15) is 0 Å². The van der Waals surface area contributed by atoms with E-state index < -0.39 is 5.97 Å². The fraction of sp³-hybridized carbons (Fsp3) is 0.286. The minimum absolute atomic E-state index is 0.0730. The molecule has 1 aromatic rings. The minimum Gasteiger partial charge on any atom is -0.476 e. The van der Waals surface area contributed by atoms with E-state index in [4.69, 9.17) is 15.9 Å². The smallest absolute Gasteiger partial charge is 0.360 e. The van der Waals surface area contributed by atoms with Crippen molar-refractivity contribution in [3.63, 3.8) is 0 Å². The molecule has 4 N–H and O–H groups in total. The summed E-state index contributed by atoms with van der Waals surface area (Å²) >= 11 is 1.11. The van der Waals surface area contributed by atoms with Crippen LogP contribution in [0.4, 0.5) is 5.13 Å². The Morgan fingerprint density at radius 1 is 1.73 bits per heavy atom. The highest BCUT2D eigenvalue weighted by molar-refractivity contribution is 7.13. The van der Waals surface area contributed by atoms with Gasteiger partial charge in [-0.25, -0.2) is 9.78 Å². The molecule has 15 heavy (non-hydrogen) atoms. The summed E-state index contributed by atoms with van der Waals surface area (Å²) in [5.41, 5.74) is 5.15. The molecule has 1 heterocycles. The molecular weight excluding hydrogens is 222 g/mol. The maximum atomic E-state index is 10.8. The van der Waals surface area contributed by atoms with Crippen LogP contribution in [-0.4, -0.2) is 40.1 Å². The summed E-state index contributed by atoms with van der Waals surface area (Å²) in [6.07, 6.45) is 0. The Morgan fingerprint density at radius 2 is 2.47 bits per heavy atom. The number of carboxylic acids is 1. The second kappa shape index (κ2) is 5.27. The van der Waals surface area contributed by atoms with Crippen molar-refractivity contribution in [2.45, 2.75) is 0 Å². The van der Waals surface area contributed by atoms with Crippen LogP contribution in [0.2, 0.25) is 0 Å². The van der Waals surface area contributed by atoms with Crippen molar-refractivity contribution in [2.75, 3.05) is 18.9 Å². The number of aromatic nitrogens is 1. The zero-order chi connectivity index (χ0) is 11.3. The lowest BCUT2D eigenvalue weighted by Crippen LogP contribution is -2.16. The van der Waals surface area contributed by atoms with Crippen LogP contribution in [0.25, 0.3) is 0 Å². The van der Waals surface area contributed by atoms with Gasteiger partial charge in [0, 0.05) is 5.38 Å². The van der Waals surface area contributed by atoms with Crippen LogP contribution in [-0.2, 0) is 9.63 Å². The molecule has 0 spiro atoms. The SMILES string of the molecule is Nc1nc(/C(=N\OCCO)C(=O)O)cs1. The van der Waals surface area contributed by atoms with E-state index in [2.05, 4.69) is 15.0 Å². The Balaban J connectivity index is 2.83. The number of carbonyl (C=O) groups is 1. The third-order valence-electron chi connectivity index (χ3n) is 1.31. The van der Waals surface area contributed by atoms with Gasteiger partial charge in [0.2, 0.25) is 5.71 Å². The monoisotopic (exact) mass is 231 g/mol. The second-order valence-corrected chi connectivity index (χ2v) is 3.26. The van der Waals surface area contributed by atoms with E-state index in [-0.39, 0.29) is 29.8 Å². The van der Waals surface area contributed by atoms with Gasteiger partial charge in [-0.3, -0.25) is 0 Å². The lowest BCUT2D eigenvalue weighted by molar-refractivity contribution is -0.129. The van der Waals surface area contributed by atoms with Gasteiger partial charge in [-0.15, -0.1) is 11.3 Å². The average Bonchev–Trinajstić information content (AvgIpc) is 2.59. The predicted molar refractivity (Wildman–Crippen MR) is 53.7 cm³/mol. The van der Waals surface area contributed by atoms with Crippen molar-refractivity contribution in [2.24, 2.45) is 5.16 Å². The maximum Gasteiger partial charge on any atom is 0.360 e. The number of aliphatic hydroxyl groups is 1. The molecule has 1 aromatic heterocycles. The number of nitrogen functional groups attached to an aromatic ring is 1. The molecule has 0 radical (unpaired) electrons. The molecule has 0 aliphatic carbocycles. The molecule has 0 aromatic carbocycles. The summed E-state index contributed by atoms with van der Waals surface area (Å²) < 4.78 is 0. The van der Waals surface area contributed by atoms with Crippen molar-refractivity contribution < 1.29 is 19.8 Å². The Kier molecular flexibility index (Phi) is 4.01. The first kappa shape index (κ1) is 11.4. The number of carboxylic acid groups (broad SMARTS) is 1. The molecule has 0 saturated heterocycles. The standard InChI is InChI=1S/C7H9N3O4S/c8-7-9-4(3-15-7)5(6(12)13)10-14-2-1-11/h3,11H,1-2H2,(H2,8,9)(H,12,13)/b10-5+. The van der Waals surface area contributed by atoms with Crippen LogP contribution in [0.3, 0.4) is 0 Å². The number of nitrogens with two attached hydrogens (primary N) is 1. The summed E-state index contributed by atoms with van der Waals surface area (Å²) in [5, 5.41) is 22.3. The second-order valence-electron chi connectivity index (χ2n) is 2.37. The topological polar surface area (TPSA) is 118 Å². The van der Waals surface area contributed by atoms with E-state index in [0.717, 1.165) is 11.3 Å². The molecule has 0 unspecified atom stereocenters. The zero-order valence-electron chi connectivity index (χ0n) is 7.58. The van der Waals surface area contributed by atoms with E-state index in [1.807, 2.05) is 0 Å². The van der Waals surface area contributed by atoms with Crippen LogP contribution < -0.4 is 5.73 Å². The van der Waals surface area contributed by atoms with Crippen LogP contribution >= 0.6 is 11.3 Å². The zero-order valence-corrected chi connectivity index (χ0v) is 8.40. The Labute approximate surface area is 88.8 Å². The van der Waals surface area contributed by atoms with Crippen molar-refractivity contribution in [3.05, 3.63) is 11.1 Å². The molecule has 0 aliphatic heterocycles. The summed E-state index contributed by atoms with van der Waals surface area (Å²) in [5.74, 6) is -1.27. The van der Waals surface area contributed by atoms with Gasteiger partial charge in [0.25, 0.3) is 0 Å². The van der Waals surface area contributed by atoms with Crippen molar-refractivity contribution >= 4 is 28.1 Å². The summed E-state index contributed by atoms with van der Waals surface area (Å²) in [6.45, 7) is -0.313. The summed E-state index contributed by atoms with van der Waals surface area (Å²) in [4.78, 5) is 19.1. The number of hydrogen-bond donors (Lipinski definition) is 3. The highest BCUT2D eigenvalue weighted by Crippen LogP contribution is 2.12. The van der Waals surface area contributed by atoms with Crippen LogP contribution in [0.5, 0.6) is 0 Å². The van der Waals surface area contributed by atoms with Gasteiger partial charge in [-0.05, 0) is 0 Å². The van der Waals surface area contributed by atoms with Crippen molar-refractivity contribution in [1.29, 1.82) is 0 Å². The van der Waals surface area contributed by atoms with Crippen LogP contribution in [0, 0.1) is 0 Å². The highest BCUT2D eigenvalue weighted by atomic mass is 32.1. The summed E-state index contributed by atoms with van der Waals surface area (Å²) in [7, 11) is 0. The molecule has 0 saturated carbocycles. The molecular formula is C7H9N3O4S. The number of nitrogens with zero attached hydrogens (tertiary/aromatic N) is 2. The number of thiazole rings is 1. The number of oxime groups is 1. The summed E-state index contributed by atoms with van der Waals surface area (Å²) in [6, 6.07) is 0. The quantitative estimate of drug-likeness (QED) is 0.358. The minimum atomic E-state index is -1.27. The fourth-order valence-corrected chi connectivity index (χ4v) is 1.29. The molecule has 8 heteroatoms. The van der Waals surface area contributed by atoms with E-state index in [1.165, 1.54) is 5.38 Å². The molecule has 82 valence electrons. The first-order valence-corrected chi connectivity index (χ1v) is 4.78. The number of aliphatic hydroxyl groups excluding tert-OH is 1. The number of hydrogen-bond acceptors (Lipinski definition) is 7. The predicted octanol–water partition coefficient (Wildman–Crippen LogP) is -0.477. The lowest BCUT2D eigenvalue weighted by atomic mass is 10.3. The lowest BCUT2D eigenvalue weighted by Gasteiger charge is -1.97. The third-order valence-corrected chi connectivity index (χ3v) is 1.98. The van der Waals surface area contributed by atoms with Gasteiger partial charge in [-0.1, -0.05) is 5.16 Å². The number of aliphatic carboxylic acids is 1. The fourth-order valence-electron chi connectivity index (χ4n) is 0.743. The largest absolute Gasteiger partial charge is 0.476 e. The molecule has 1 rings (SSSR count). The van der Waals surface area contributed by atoms with Crippen LogP contribution in [0.15, 0.2) is 10.5 Å². The molecule has 0 aliphatic rings. The normalized spacial score (nSPS) is 11.4. The van der Waals surface area contributed by atoms with Gasteiger partial charge in [0.15, 0.2) is 5.13 Å². The Morgan fingerprint density at radius 3 is 2.93 bits per heavy atom. The molecule has 0 bridgehead atoms. The Bertz CT molecular complexity index is 376. The molecule has 7 nitrogen and oxygen atoms in total. The van der Waals surface area contributed by atoms with Crippen molar-refractivity contribution in [1.82, 2.24) is 4.98 Å². The molecule has 0 amide bonds. The van der Waals surface area contributed by atoms with E-state index >= 15 is 0 Å². The van der Waals surface area contributed by atoms with Crippen LogP contribution in [0.1, 0.15) is 5.69 Å². The van der Waals surface area contributed by atoms with Gasteiger partial charge < -0.3 is 20.8 Å². The number of anilines is 1.